The average molecular weight is 437 g/mol. The van der Waals surface area contributed by atoms with E-state index in [1.54, 1.807) is 14.2 Å². The molecular weight excluding hydrogens is 408 g/mol. The molecule has 1 fully saturated rings. The summed E-state index contributed by atoms with van der Waals surface area (Å²) in [7, 11) is 3.23. The number of aromatic nitrogens is 1. The van der Waals surface area contributed by atoms with E-state index in [0.29, 0.717) is 17.4 Å². The Hall–Kier alpha value is -2.86. The molecular formula is C25H28N2O3S. The Morgan fingerprint density at radius 2 is 1.84 bits per heavy atom. The highest BCUT2D eigenvalue weighted by Crippen LogP contribution is 2.36. The summed E-state index contributed by atoms with van der Waals surface area (Å²) >= 11 is 1.53. The smallest absolute Gasteiger partial charge is 0.226 e. The Balaban J connectivity index is 1.46. The first-order valence-electron chi connectivity index (χ1n) is 10.7. The molecule has 1 aromatic heterocycles. The van der Waals surface area contributed by atoms with Gasteiger partial charge < -0.3 is 14.8 Å². The molecule has 6 heteroatoms. The van der Waals surface area contributed by atoms with Crippen molar-refractivity contribution < 1.29 is 14.3 Å². The zero-order valence-corrected chi connectivity index (χ0v) is 18.8. The third-order valence-corrected chi connectivity index (χ3v) is 6.81. The molecule has 1 atom stereocenters. The predicted octanol–water partition coefficient (Wildman–Crippen LogP) is 5.42. The van der Waals surface area contributed by atoms with Gasteiger partial charge in [0.05, 0.1) is 32.4 Å². The van der Waals surface area contributed by atoms with Crippen LogP contribution in [0.2, 0.25) is 0 Å². The molecule has 0 radical (unpaired) electrons. The van der Waals surface area contributed by atoms with Gasteiger partial charge in [-0.15, -0.1) is 11.3 Å². The Bertz CT molecular complexity index is 1010. The molecule has 1 saturated carbocycles. The topological polar surface area (TPSA) is 60.5 Å². The molecule has 0 aliphatic heterocycles. The highest BCUT2D eigenvalue weighted by atomic mass is 32.1. The lowest BCUT2D eigenvalue weighted by Gasteiger charge is -2.25. The van der Waals surface area contributed by atoms with Crippen molar-refractivity contribution in [1.82, 2.24) is 10.3 Å². The summed E-state index contributed by atoms with van der Waals surface area (Å²) in [4.78, 5) is 17.6. The van der Waals surface area contributed by atoms with E-state index in [2.05, 4.69) is 17.4 Å². The van der Waals surface area contributed by atoms with E-state index in [1.165, 1.54) is 42.6 Å². The van der Waals surface area contributed by atoms with Crippen molar-refractivity contribution in [3.05, 3.63) is 65.2 Å². The molecule has 1 unspecified atom stereocenters. The van der Waals surface area contributed by atoms with Crippen LogP contribution in [0.25, 0.3) is 10.6 Å². The summed E-state index contributed by atoms with van der Waals surface area (Å²) in [6, 6.07) is 16.1. The molecule has 31 heavy (non-hydrogen) atoms. The number of methoxy groups -OCH3 is 2. The number of carbonyl (C=O) groups excluding carboxylic acids is 1. The number of nitrogens with one attached hydrogen (secondary N) is 1. The summed E-state index contributed by atoms with van der Waals surface area (Å²) in [6.45, 7) is 0. The van der Waals surface area contributed by atoms with Gasteiger partial charge in [-0.05, 0) is 42.5 Å². The van der Waals surface area contributed by atoms with Gasteiger partial charge in [-0.25, -0.2) is 4.98 Å². The second-order valence-corrected chi connectivity index (χ2v) is 8.75. The van der Waals surface area contributed by atoms with Crippen LogP contribution in [0.4, 0.5) is 0 Å². The largest absolute Gasteiger partial charge is 0.493 e. The van der Waals surface area contributed by atoms with Crippen LogP contribution in [-0.2, 0) is 11.2 Å². The molecule has 1 aliphatic rings. The lowest BCUT2D eigenvalue weighted by Crippen LogP contribution is -2.33. The zero-order chi connectivity index (χ0) is 21.6. The number of ether oxygens (including phenoxy) is 2. The number of hydrogen-bond donors (Lipinski definition) is 1. The summed E-state index contributed by atoms with van der Waals surface area (Å²) in [6.07, 6.45) is 5.09. The number of hydrogen-bond acceptors (Lipinski definition) is 5. The first-order chi connectivity index (χ1) is 15.2. The van der Waals surface area contributed by atoms with Crippen molar-refractivity contribution in [2.75, 3.05) is 14.2 Å². The first-order valence-corrected chi connectivity index (χ1v) is 11.6. The van der Waals surface area contributed by atoms with E-state index >= 15 is 0 Å². The minimum atomic E-state index is 0.0184. The summed E-state index contributed by atoms with van der Waals surface area (Å²) in [5, 5.41) is 6.11. The molecule has 162 valence electrons. The van der Waals surface area contributed by atoms with Gasteiger partial charge in [0.2, 0.25) is 5.91 Å². The summed E-state index contributed by atoms with van der Waals surface area (Å²) in [5.41, 5.74) is 2.92. The zero-order valence-electron chi connectivity index (χ0n) is 18.0. The number of carbonyl (C=O) groups is 1. The standard InChI is InChI=1S/C25H28N2O3S/c1-29-21-13-12-19(14-22(21)30-2)25-26-20(16-31-25)15-23(28)27-24(18-10-6-7-11-18)17-8-4-3-5-9-17/h3-5,8-9,12-14,16,18,24H,6-7,10-11,15H2,1-2H3,(H,27,28). The number of thiazole rings is 1. The third-order valence-electron chi connectivity index (χ3n) is 5.87. The third kappa shape index (κ3) is 5.07. The molecule has 1 N–H and O–H groups in total. The van der Waals surface area contributed by atoms with E-state index in [1.807, 2.05) is 41.8 Å². The van der Waals surface area contributed by atoms with E-state index < -0.39 is 0 Å². The second-order valence-electron chi connectivity index (χ2n) is 7.89. The Morgan fingerprint density at radius 3 is 2.55 bits per heavy atom. The van der Waals surface area contributed by atoms with Gasteiger partial charge in [0.25, 0.3) is 0 Å². The number of rotatable bonds is 8. The first kappa shape index (κ1) is 21.4. The maximum absolute atomic E-state index is 12.9. The van der Waals surface area contributed by atoms with E-state index in [0.717, 1.165) is 16.3 Å². The lowest BCUT2D eigenvalue weighted by molar-refractivity contribution is -0.121. The van der Waals surface area contributed by atoms with Gasteiger partial charge >= 0.3 is 0 Å². The van der Waals surface area contributed by atoms with Crippen LogP contribution in [-0.4, -0.2) is 25.1 Å². The molecule has 1 heterocycles. The fraction of sp³-hybridized carbons (Fsp3) is 0.360. The fourth-order valence-corrected chi connectivity index (χ4v) is 5.12. The van der Waals surface area contributed by atoms with Crippen LogP contribution in [0.5, 0.6) is 11.5 Å². The lowest BCUT2D eigenvalue weighted by atomic mass is 9.91. The van der Waals surface area contributed by atoms with E-state index in [9.17, 15) is 4.79 Å². The normalized spacial score (nSPS) is 14.9. The van der Waals surface area contributed by atoms with Crippen LogP contribution in [0, 0.1) is 5.92 Å². The second kappa shape index (κ2) is 9.96. The maximum atomic E-state index is 12.9. The molecule has 1 amide bonds. The van der Waals surface area contributed by atoms with Gasteiger partial charge in [-0.2, -0.15) is 0 Å². The highest BCUT2D eigenvalue weighted by Gasteiger charge is 2.27. The Morgan fingerprint density at radius 1 is 1.10 bits per heavy atom. The predicted molar refractivity (Wildman–Crippen MR) is 124 cm³/mol. The molecule has 0 saturated heterocycles. The van der Waals surface area contributed by atoms with E-state index in [4.69, 9.17) is 14.5 Å². The summed E-state index contributed by atoms with van der Waals surface area (Å²) < 4.78 is 10.7. The number of nitrogens with zero attached hydrogens (tertiary/aromatic N) is 1. The fourth-order valence-electron chi connectivity index (χ4n) is 4.30. The molecule has 0 spiro atoms. The Kier molecular flexibility index (Phi) is 6.87. The van der Waals surface area contributed by atoms with Crippen LogP contribution in [0.15, 0.2) is 53.9 Å². The highest BCUT2D eigenvalue weighted by molar-refractivity contribution is 7.13. The SMILES string of the molecule is COc1ccc(-c2nc(CC(=O)NC(c3ccccc3)C3CCCC3)cs2)cc1OC. The maximum Gasteiger partial charge on any atom is 0.226 e. The van der Waals surface area contributed by atoms with Crippen molar-refractivity contribution >= 4 is 17.2 Å². The summed E-state index contributed by atoms with van der Waals surface area (Å²) in [5.74, 6) is 1.87. The molecule has 5 nitrogen and oxygen atoms in total. The number of amides is 1. The quantitative estimate of drug-likeness (QED) is 0.512. The minimum absolute atomic E-state index is 0.0184. The van der Waals surface area contributed by atoms with Crippen molar-refractivity contribution in [1.29, 1.82) is 0 Å². The monoisotopic (exact) mass is 436 g/mol. The molecule has 2 aromatic carbocycles. The van der Waals surface area contributed by atoms with Crippen LogP contribution >= 0.6 is 11.3 Å². The van der Waals surface area contributed by atoms with Crippen LogP contribution in [0.3, 0.4) is 0 Å². The van der Waals surface area contributed by atoms with Crippen molar-refractivity contribution in [3.8, 4) is 22.1 Å². The van der Waals surface area contributed by atoms with Crippen molar-refractivity contribution in [3.63, 3.8) is 0 Å². The number of benzene rings is 2. The Labute approximate surface area is 187 Å². The van der Waals surface area contributed by atoms with Crippen molar-refractivity contribution in [2.24, 2.45) is 5.92 Å². The van der Waals surface area contributed by atoms with Gasteiger partial charge in [-0.1, -0.05) is 43.2 Å². The average Bonchev–Trinajstić information content (AvgIpc) is 3.50. The minimum Gasteiger partial charge on any atom is -0.493 e. The molecule has 4 rings (SSSR count). The molecule has 3 aromatic rings. The van der Waals surface area contributed by atoms with Crippen LogP contribution in [0.1, 0.15) is 43.0 Å². The van der Waals surface area contributed by atoms with Crippen molar-refractivity contribution in [2.45, 2.75) is 38.1 Å². The van der Waals surface area contributed by atoms with Gasteiger partial charge in [0.15, 0.2) is 11.5 Å². The van der Waals surface area contributed by atoms with Gasteiger partial charge in [0.1, 0.15) is 5.01 Å². The van der Waals surface area contributed by atoms with E-state index in [-0.39, 0.29) is 18.4 Å². The van der Waals surface area contributed by atoms with Crippen LogP contribution < -0.4 is 14.8 Å². The molecule has 0 bridgehead atoms. The molecule has 1 aliphatic carbocycles. The van der Waals surface area contributed by atoms with Gasteiger partial charge in [0, 0.05) is 10.9 Å². The van der Waals surface area contributed by atoms with Gasteiger partial charge in [-0.3, -0.25) is 4.79 Å².